The first kappa shape index (κ1) is 78.4. The van der Waals surface area contributed by atoms with E-state index in [1.165, 1.54) is 57.8 Å². The average Bonchev–Trinajstić information content (AvgIpc) is 3.15. The predicted molar refractivity (Wildman–Crippen MR) is 334 cm³/mol. The standard InChI is InChI=1S/C62H115N7O16S/c1-2-3-4-5-6-7-8-9-10-11-12-13-16-23-54(71)52(50-70)67-60(76)29-28-59(75)66-33-35-79-37-39-81-41-43-83-45-47-85-49-48-84-46-44-82-42-40-80-38-36-78-34-32-65-58(74)26-18-15-22-30-63-56(72)25-17-14-21-31-64-57(73)27-20-19-24-55-61-53(51-86-55)68-62(77)69-61/h16,23,52-55,61,70-71H,2-15,17-22,24-51H2,1H3,(H,63,72)(H,64,73)(H,65,74)(H,66,75)(H,67,76)(H2,68,69,77)/b23-16+/t52-,53+,54+,55+,61+/m1/s1. The van der Waals surface area contributed by atoms with Crippen molar-refractivity contribution in [3.63, 3.8) is 0 Å². The second-order valence-electron chi connectivity index (χ2n) is 21.9. The van der Waals surface area contributed by atoms with E-state index in [1.54, 1.807) is 6.08 Å². The monoisotopic (exact) mass is 1250 g/mol. The number of aliphatic hydroxyl groups is 2. The second-order valence-corrected chi connectivity index (χ2v) is 23.2. The van der Waals surface area contributed by atoms with Crippen molar-refractivity contribution in [1.29, 1.82) is 0 Å². The maximum atomic E-state index is 12.4. The van der Waals surface area contributed by atoms with E-state index in [9.17, 15) is 39.0 Å². The summed E-state index contributed by atoms with van der Waals surface area (Å²) in [5.41, 5.74) is 0. The molecule has 2 heterocycles. The number of carbonyl (C=O) groups is 6. The van der Waals surface area contributed by atoms with Crippen LogP contribution in [0.4, 0.5) is 4.79 Å². The molecule has 0 aromatic heterocycles. The van der Waals surface area contributed by atoms with Gasteiger partial charge in [0.25, 0.3) is 0 Å². The smallest absolute Gasteiger partial charge is 0.315 e. The number of fused-ring (bicyclic) bond motifs is 1. The molecular formula is C62H115N7O16S. The molecule has 23 nitrogen and oxygen atoms in total. The van der Waals surface area contributed by atoms with Crippen LogP contribution >= 0.6 is 11.8 Å². The van der Waals surface area contributed by atoms with Gasteiger partial charge in [0.1, 0.15) is 0 Å². The van der Waals surface area contributed by atoms with Gasteiger partial charge in [0, 0.05) is 69.3 Å². The van der Waals surface area contributed by atoms with Crippen LogP contribution in [0.3, 0.4) is 0 Å². The summed E-state index contributed by atoms with van der Waals surface area (Å²) in [6, 6.07) is -0.458. The van der Waals surface area contributed by atoms with Gasteiger partial charge < -0.3 is 85.3 Å². The number of hydrogen-bond donors (Lipinski definition) is 9. The number of allylic oxidation sites excluding steroid dienone is 1. The number of rotatable bonds is 63. The number of unbranched alkanes of at least 4 members (excludes halogenated alkanes) is 16. The zero-order valence-corrected chi connectivity index (χ0v) is 53.3. The molecular weight excluding hydrogens is 1130 g/mol. The van der Waals surface area contributed by atoms with Crippen molar-refractivity contribution in [3.8, 4) is 0 Å². The third kappa shape index (κ3) is 47.3. The van der Waals surface area contributed by atoms with Gasteiger partial charge in [-0.1, -0.05) is 103 Å². The molecule has 500 valence electrons. The summed E-state index contributed by atoms with van der Waals surface area (Å²) in [7, 11) is 0. The van der Waals surface area contributed by atoms with Crippen LogP contribution < -0.4 is 37.2 Å². The summed E-state index contributed by atoms with van der Waals surface area (Å²) in [5.74, 6) is 0.338. The maximum absolute atomic E-state index is 12.4. The number of aliphatic hydroxyl groups excluding tert-OH is 2. The van der Waals surface area contributed by atoms with Crippen molar-refractivity contribution in [2.45, 2.75) is 203 Å². The minimum Gasteiger partial charge on any atom is -0.394 e. The fourth-order valence-corrected chi connectivity index (χ4v) is 11.0. The molecule has 0 saturated carbocycles. The van der Waals surface area contributed by atoms with E-state index in [0.717, 1.165) is 82.8 Å². The summed E-state index contributed by atoms with van der Waals surface area (Å²) in [6.07, 6.45) is 26.5. The van der Waals surface area contributed by atoms with Crippen molar-refractivity contribution < 1.29 is 76.9 Å². The Hall–Kier alpha value is -3.69. The van der Waals surface area contributed by atoms with Gasteiger partial charge in [-0.25, -0.2) is 4.79 Å². The molecule has 0 unspecified atom stereocenters. The zero-order chi connectivity index (χ0) is 62.0. The molecule has 0 aliphatic carbocycles. The Kier molecular flexibility index (Phi) is 52.6. The Morgan fingerprint density at radius 2 is 0.872 bits per heavy atom. The lowest BCUT2D eigenvalue weighted by atomic mass is 10.0. The van der Waals surface area contributed by atoms with Crippen molar-refractivity contribution >= 4 is 47.3 Å². The first-order valence-corrected chi connectivity index (χ1v) is 33.8. The van der Waals surface area contributed by atoms with Crippen molar-refractivity contribution in [2.75, 3.05) is 144 Å². The highest BCUT2D eigenvalue weighted by molar-refractivity contribution is 8.00. The van der Waals surface area contributed by atoms with Crippen LogP contribution in [-0.4, -0.2) is 220 Å². The number of hydrogen-bond acceptors (Lipinski definition) is 17. The van der Waals surface area contributed by atoms with Crippen LogP contribution in [0.15, 0.2) is 12.2 Å². The molecule has 2 aliphatic rings. The molecule has 5 atom stereocenters. The van der Waals surface area contributed by atoms with Gasteiger partial charge in [0.05, 0.1) is 137 Å². The number of amides is 7. The normalized spacial score (nSPS) is 16.2. The fraction of sp³-hybridized carbons (Fsp3) is 0.871. The molecule has 9 N–H and O–H groups in total. The van der Waals surface area contributed by atoms with Gasteiger partial charge in [-0.2, -0.15) is 11.8 Å². The van der Waals surface area contributed by atoms with E-state index in [4.69, 9.17) is 37.9 Å². The van der Waals surface area contributed by atoms with Crippen molar-refractivity contribution in [2.24, 2.45) is 0 Å². The average molecular weight is 1250 g/mol. The Labute approximate surface area is 519 Å². The molecule has 2 fully saturated rings. The number of nitrogens with one attached hydrogen (secondary N) is 7. The Morgan fingerprint density at radius 3 is 1.33 bits per heavy atom. The third-order valence-electron chi connectivity index (χ3n) is 14.5. The largest absolute Gasteiger partial charge is 0.394 e. The van der Waals surface area contributed by atoms with Crippen LogP contribution in [0.2, 0.25) is 0 Å². The van der Waals surface area contributed by atoms with Crippen molar-refractivity contribution in [3.05, 3.63) is 12.2 Å². The molecule has 2 aliphatic heterocycles. The summed E-state index contributed by atoms with van der Waals surface area (Å²) in [5, 5.41) is 40.7. The molecule has 0 radical (unpaired) electrons. The Morgan fingerprint density at radius 1 is 0.488 bits per heavy atom. The third-order valence-corrected chi connectivity index (χ3v) is 16.0. The van der Waals surface area contributed by atoms with E-state index >= 15 is 0 Å². The predicted octanol–water partition coefficient (Wildman–Crippen LogP) is 5.31. The van der Waals surface area contributed by atoms with Crippen LogP contribution in [0, 0.1) is 0 Å². The molecule has 0 aromatic rings. The molecule has 24 heteroatoms. The van der Waals surface area contributed by atoms with E-state index in [1.807, 2.05) is 17.8 Å². The van der Waals surface area contributed by atoms with Crippen LogP contribution in [0.1, 0.15) is 174 Å². The number of carbonyl (C=O) groups excluding carboxylic acids is 6. The van der Waals surface area contributed by atoms with Crippen molar-refractivity contribution in [1.82, 2.24) is 37.2 Å². The van der Waals surface area contributed by atoms with Crippen LogP contribution in [0.25, 0.3) is 0 Å². The van der Waals surface area contributed by atoms with Gasteiger partial charge >= 0.3 is 6.03 Å². The van der Waals surface area contributed by atoms with Crippen LogP contribution in [0.5, 0.6) is 0 Å². The Balaban J connectivity index is 1.20. The zero-order valence-electron chi connectivity index (χ0n) is 52.5. The molecule has 0 spiro atoms. The quantitative estimate of drug-likeness (QED) is 0.0212. The summed E-state index contributed by atoms with van der Waals surface area (Å²) < 4.78 is 44.1. The van der Waals surface area contributed by atoms with Crippen LogP contribution in [-0.2, 0) is 61.9 Å². The van der Waals surface area contributed by atoms with Gasteiger partial charge in [-0.15, -0.1) is 0 Å². The number of ether oxygens (including phenoxy) is 8. The second kappa shape index (κ2) is 57.7. The van der Waals surface area contributed by atoms with Gasteiger partial charge in [0.2, 0.25) is 29.5 Å². The Bertz CT molecular complexity index is 1730. The highest BCUT2D eigenvalue weighted by Crippen LogP contribution is 2.33. The highest BCUT2D eigenvalue weighted by Gasteiger charge is 2.42. The first-order valence-electron chi connectivity index (χ1n) is 32.7. The summed E-state index contributed by atoms with van der Waals surface area (Å²) in [4.78, 5) is 72.6. The lowest BCUT2D eigenvalue weighted by Gasteiger charge is -2.19. The SMILES string of the molecule is CCCCCCCCCCCCC/C=C/[C@H](O)[C@@H](CO)NC(=O)CCC(=O)NCCOCCOCCOCCOCCOCCOCCOCCOCCNC(=O)CCCCCNC(=O)CCCCCNC(=O)CCCC[C@@H]1SC[C@@H]2NC(=O)N[C@@H]21. The van der Waals surface area contributed by atoms with Gasteiger partial charge in [-0.05, 0) is 51.4 Å². The molecule has 0 bridgehead atoms. The molecule has 86 heavy (non-hydrogen) atoms. The van der Waals surface area contributed by atoms with E-state index < -0.39 is 24.7 Å². The highest BCUT2D eigenvalue weighted by atomic mass is 32.2. The van der Waals surface area contributed by atoms with Gasteiger partial charge in [-0.3, -0.25) is 24.0 Å². The number of urea groups is 1. The maximum Gasteiger partial charge on any atom is 0.315 e. The summed E-state index contributed by atoms with van der Waals surface area (Å²) in [6.45, 7) is 10.4. The van der Waals surface area contributed by atoms with E-state index in [0.29, 0.717) is 156 Å². The lowest BCUT2D eigenvalue weighted by molar-refractivity contribution is -0.127. The van der Waals surface area contributed by atoms with E-state index in [-0.39, 0.29) is 54.6 Å². The topological polar surface area (TPSA) is 301 Å². The van der Waals surface area contributed by atoms with E-state index in [2.05, 4.69) is 44.1 Å². The molecule has 7 amide bonds. The fourth-order valence-electron chi connectivity index (χ4n) is 9.47. The molecule has 0 aromatic carbocycles. The molecule has 2 saturated heterocycles. The first-order chi connectivity index (χ1) is 42.1. The van der Waals surface area contributed by atoms with Gasteiger partial charge in [0.15, 0.2) is 0 Å². The molecule has 2 rings (SSSR count). The summed E-state index contributed by atoms with van der Waals surface area (Å²) >= 11 is 1.90. The minimum atomic E-state index is -1.01. The minimum absolute atomic E-state index is 0.0154. The number of thioether (sulfide) groups is 1. The lowest BCUT2D eigenvalue weighted by Crippen LogP contribution is -2.45.